The minimum Gasteiger partial charge on any atom is -0.309 e. The smallest absolute Gasteiger partial charge is 0.0541 e. The van der Waals surface area contributed by atoms with Crippen LogP contribution in [0.25, 0.3) is 49.7 Å². The number of nitrogens with zero attached hydrogens (tertiary/aromatic N) is 1. The Morgan fingerprint density at radius 1 is 0.413 bits per heavy atom. The molecule has 46 heavy (non-hydrogen) atoms. The number of aromatic nitrogens is 1. The zero-order chi connectivity index (χ0) is 30.4. The summed E-state index contributed by atoms with van der Waals surface area (Å²) in [5, 5.41) is 2.55. The van der Waals surface area contributed by atoms with Crippen molar-refractivity contribution in [3.8, 4) is 27.9 Å². The van der Waals surface area contributed by atoms with Crippen LogP contribution in [0.2, 0.25) is 0 Å². The lowest BCUT2D eigenvalue weighted by Gasteiger charge is -2.43. The molecule has 0 radical (unpaired) electrons. The molecule has 2 bridgehead atoms. The van der Waals surface area contributed by atoms with Crippen molar-refractivity contribution in [2.45, 2.75) is 11.8 Å². The summed E-state index contributed by atoms with van der Waals surface area (Å²) in [6, 6.07) is 58.2. The van der Waals surface area contributed by atoms with Crippen molar-refractivity contribution in [3.63, 3.8) is 0 Å². The number of halogens is 1. The summed E-state index contributed by atoms with van der Waals surface area (Å²) in [5.74, 6) is 0.436. The Bertz CT molecular complexity index is 2440. The minimum absolute atomic E-state index is 0.208. The monoisotopic (exact) mass is 649 g/mol. The number of rotatable bonds is 3. The maximum atomic E-state index is 4.01. The third-order valence-electron chi connectivity index (χ3n) is 10.3. The van der Waals surface area contributed by atoms with Crippen molar-refractivity contribution in [3.05, 3.63) is 196 Å². The molecule has 3 aliphatic rings. The highest BCUT2D eigenvalue weighted by Gasteiger charge is 2.43. The molecule has 7 aromatic carbocycles. The fourth-order valence-corrected chi connectivity index (χ4v) is 8.92. The van der Waals surface area contributed by atoms with E-state index in [9.17, 15) is 0 Å². The average Bonchev–Trinajstić information content (AvgIpc) is 3.46. The largest absolute Gasteiger partial charge is 0.309 e. The molecule has 1 heterocycles. The molecular formula is C44H28BrN. The van der Waals surface area contributed by atoms with Gasteiger partial charge in [-0.2, -0.15) is 0 Å². The van der Waals surface area contributed by atoms with Crippen molar-refractivity contribution in [1.82, 2.24) is 4.57 Å². The van der Waals surface area contributed by atoms with Gasteiger partial charge in [0.1, 0.15) is 0 Å². The quantitative estimate of drug-likeness (QED) is 0.179. The number of hydrogen-bond acceptors (Lipinski definition) is 0. The molecular weight excluding hydrogens is 622 g/mol. The zero-order valence-electron chi connectivity index (χ0n) is 25.0. The van der Waals surface area contributed by atoms with Crippen LogP contribution in [0.15, 0.2) is 162 Å². The van der Waals surface area contributed by atoms with Crippen molar-refractivity contribution < 1.29 is 0 Å². The molecule has 0 unspecified atom stereocenters. The van der Waals surface area contributed by atoms with E-state index >= 15 is 0 Å². The number of fused-ring (bicyclic) bond motifs is 3. The molecule has 1 nitrogen and oxygen atoms in total. The van der Waals surface area contributed by atoms with Gasteiger partial charge in [0.25, 0.3) is 0 Å². The van der Waals surface area contributed by atoms with Crippen LogP contribution < -0.4 is 0 Å². The second-order valence-electron chi connectivity index (χ2n) is 12.5. The van der Waals surface area contributed by atoms with Crippen molar-refractivity contribution >= 4 is 37.7 Å². The SMILES string of the molecule is Brc1ccc(-c2ccc3c(c2)c2ccccc2n3-c2ccc(-c3ccccc3)cc2)c2c1C1c3ccccc3C2c2ccccc21. The first-order valence-electron chi connectivity index (χ1n) is 16.0. The molecule has 0 amide bonds. The fourth-order valence-electron chi connectivity index (χ4n) is 8.35. The van der Waals surface area contributed by atoms with Crippen molar-refractivity contribution in [2.75, 3.05) is 0 Å². The maximum absolute atomic E-state index is 4.01. The van der Waals surface area contributed by atoms with Crippen LogP contribution in [-0.2, 0) is 0 Å². The highest BCUT2D eigenvalue weighted by molar-refractivity contribution is 9.10. The molecule has 11 rings (SSSR count). The van der Waals surface area contributed by atoms with Gasteiger partial charge in [0.2, 0.25) is 0 Å². The van der Waals surface area contributed by atoms with Crippen LogP contribution in [0.4, 0.5) is 0 Å². The Balaban J connectivity index is 1.17. The van der Waals surface area contributed by atoms with Gasteiger partial charge in [-0.15, -0.1) is 0 Å². The Labute approximate surface area is 276 Å². The van der Waals surface area contributed by atoms with E-state index in [4.69, 9.17) is 0 Å². The van der Waals surface area contributed by atoms with Gasteiger partial charge < -0.3 is 4.57 Å². The van der Waals surface area contributed by atoms with Crippen LogP contribution in [-0.4, -0.2) is 4.57 Å². The van der Waals surface area contributed by atoms with Gasteiger partial charge in [-0.1, -0.05) is 137 Å². The minimum atomic E-state index is 0.208. The molecule has 0 fully saturated rings. The lowest BCUT2D eigenvalue weighted by atomic mass is 9.60. The molecule has 1 aromatic heterocycles. The first kappa shape index (κ1) is 26.1. The van der Waals surface area contributed by atoms with Gasteiger partial charge in [0, 0.05) is 32.8 Å². The highest BCUT2D eigenvalue weighted by Crippen LogP contribution is 2.59. The summed E-state index contributed by atoms with van der Waals surface area (Å²) in [4.78, 5) is 0. The number of hydrogen-bond donors (Lipinski definition) is 0. The second kappa shape index (κ2) is 9.91. The van der Waals surface area contributed by atoms with Gasteiger partial charge in [0.15, 0.2) is 0 Å². The van der Waals surface area contributed by atoms with E-state index < -0.39 is 0 Å². The third-order valence-corrected chi connectivity index (χ3v) is 11.0. The van der Waals surface area contributed by atoms with E-state index in [0.29, 0.717) is 0 Å². The lowest BCUT2D eigenvalue weighted by molar-refractivity contribution is 0.752. The van der Waals surface area contributed by atoms with Crippen LogP contribution in [0.1, 0.15) is 45.2 Å². The predicted octanol–water partition coefficient (Wildman–Crippen LogP) is 11.9. The molecule has 0 aliphatic heterocycles. The summed E-state index contributed by atoms with van der Waals surface area (Å²) in [6.45, 7) is 0. The predicted molar refractivity (Wildman–Crippen MR) is 194 cm³/mol. The van der Waals surface area contributed by atoms with E-state index in [0.717, 1.165) is 0 Å². The van der Waals surface area contributed by atoms with Crippen LogP contribution in [0, 0.1) is 0 Å². The molecule has 2 heteroatoms. The first-order valence-corrected chi connectivity index (χ1v) is 16.7. The van der Waals surface area contributed by atoms with E-state index in [1.54, 1.807) is 0 Å². The highest BCUT2D eigenvalue weighted by atomic mass is 79.9. The molecule has 216 valence electrons. The van der Waals surface area contributed by atoms with E-state index in [1.165, 1.54) is 87.6 Å². The van der Waals surface area contributed by atoms with Gasteiger partial charge >= 0.3 is 0 Å². The lowest BCUT2D eigenvalue weighted by Crippen LogP contribution is -2.28. The summed E-state index contributed by atoms with van der Waals surface area (Å²) in [6.07, 6.45) is 0. The molecule has 3 aliphatic carbocycles. The molecule has 0 atom stereocenters. The van der Waals surface area contributed by atoms with Crippen LogP contribution in [0.5, 0.6) is 0 Å². The first-order chi connectivity index (χ1) is 22.8. The standard InChI is InChI=1S/C44H28BrN/c45-38-24-23-31(43-41-33-13-4-6-15-35(33)42(44(38)43)36-16-7-5-14-34(36)41)29-20-25-40-37(26-29)32-12-8-9-17-39(32)46(40)30-21-18-28(19-22-30)27-10-2-1-3-11-27/h1-26,41-42H. The molecule has 0 spiro atoms. The fraction of sp³-hybridized carbons (Fsp3) is 0.0455. The summed E-state index contributed by atoms with van der Waals surface area (Å²) in [7, 11) is 0. The molecule has 0 N–H and O–H groups in total. The summed E-state index contributed by atoms with van der Waals surface area (Å²) < 4.78 is 3.61. The van der Waals surface area contributed by atoms with Gasteiger partial charge in [-0.25, -0.2) is 0 Å². The second-order valence-corrected chi connectivity index (χ2v) is 13.4. The normalized spacial score (nSPS) is 15.9. The van der Waals surface area contributed by atoms with Crippen LogP contribution in [0.3, 0.4) is 0 Å². The van der Waals surface area contributed by atoms with Gasteiger partial charge in [0.05, 0.1) is 11.0 Å². The topological polar surface area (TPSA) is 4.93 Å². The molecule has 8 aromatic rings. The third kappa shape index (κ3) is 3.62. The maximum Gasteiger partial charge on any atom is 0.0541 e. The van der Waals surface area contributed by atoms with Crippen molar-refractivity contribution in [2.24, 2.45) is 0 Å². The molecule has 0 saturated heterocycles. The summed E-state index contributed by atoms with van der Waals surface area (Å²) in [5.41, 5.74) is 17.3. The Morgan fingerprint density at radius 2 is 0.957 bits per heavy atom. The number of para-hydroxylation sites is 1. The number of benzene rings is 7. The zero-order valence-corrected chi connectivity index (χ0v) is 26.6. The van der Waals surface area contributed by atoms with E-state index in [-0.39, 0.29) is 11.8 Å². The van der Waals surface area contributed by atoms with Gasteiger partial charge in [-0.3, -0.25) is 0 Å². The van der Waals surface area contributed by atoms with E-state index in [2.05, 4.69) is 178 Å². The van der Waals surface area contributed by atoms with Gasteiger partial charge in [-0.05, 0) is 92.0 Å². The average molecular weight is 651 g/mol. The van der Waals surface area contributed by atoms with E-state index in [1.807, 2.05) is 0 Å². The summed E-state index contributed by atoms with van der Waals surface area (Å²) >= 11 is 4.01. The Hall–Kier alpha value is -5.18. The Morgan fingerprint density at radius 3 is 1.65 bits per heavy atom. The van der Waals surface area contributed by atoms with Crippen molar-refractivity contribution in [1.29, 1.82) is 0 Å². The van der Waals surface area contributed by atoms with Crippen LogP contribution >= 0.6 is 15.9 Å². The Kier molecular flexibility index (Phi) is 5.62. The molecule has 0 saturated carbocycles.